The molecule has 0 saturated carbocycles. The average molecular weight is 416 g/mol. The summed E-state index contributed by atoms with van der Waals surface area (Å²) in [5, 5.41) is 2.07. The number of nitrogens with zero attached hydrogens (tertiary/aromatic N) is 1. The van der Waals surface area contributed by atoms with Crippen molar-refractivity contribution in [2.24, 2.45) is 0 Å². The third kappa shape index (κ3) is 3.64. The molecule has 0 unspecified atom stereocenters. The van der Waals surface area contributed by atoms with Gasteiger partial charge in [0.1, 0.15) is 11.5 Å². The van der Waals surface area contributed by atoms with E-state index in [1.165, 1.54) is 4.88 Å². The minimum Gasteiger partial charge on any atom is -0.472 e. The fourth-order valence-electron chi connectivity index (χ4n) is 3.93. The molecule has 0 fully saturated rings. The van der Waals surface area contributed by atoms with Gasteiger partial charge < -0.3 is 14.1 Å². The zero-order valence-corrected chi connectivity index (χ0v) is 17.2. The van der Waals surface area contributed by atoms with Crippen molar-refractivity contribution in [1.29, 1.82) is 0 Å². The Labute approximate surface area is 179 Å². The number of furan rings is 1. The lowest BCUT2D eigenvalue weighted by atomic mass is 9.86. The lowest BCUT2D eigenvalue weighted by Gasteiger charge is -2.32. The van der Waals surface area contributed by atoms with E-state index in [-0.39, 0.29) is 11.8 Å². The van der Waals surface area contributed by atoms with E-state index in [0.29, 0.717) is 13.1 Å². The van der Waals surface area contributed by atoms with Gasteiger partial charge in [-0.1, -0.05) is 42.5 Å². The van der Waals surface area contributed by atoms with Gasteiger partial charge in [-0.3, -0.25) is 4.79 Å². The van der Waals surface area contributed by atoms with Crippen molar-refractivity contribution in [2.45, 2.75) is 18.9 Å². The van der Waals surface area contributed by atoms with Crippen LogP contribution in [-0.2, 0) is 17.8 Å². The molecule has 0 spiro atoms. The van der Waals surface area contributed by atoms with Gasteiger partial charge in [0.05, 0.1) is 18.4 Å². The molecular weight excluding hydrogens is 394 g/mol. The third-order valence-corrected chi connectivity index (χ3v) is 6.34. The van der Waals surface area contributed by atoms with Crippen LogP contribution >= 0.6 is 11.3 Å². The fraction of sp³-hybridized carbons (Fsp3) is 0.160. The number of ether oxygens (including phenoxy) is 1. The molecule has 0 bridgehead atoms. The molecule has 0 radical (unpaired) electrons. The number of para-hydroxylation sites is 2. The van der Waals surface area contributed by atoms with Gasteiger partial charge in [-0.2, -0.15) is 0 Å². The van der Waals surface area contributed by atoms with Crippen molar-refractivity contribution in [3.8, 4) is 11.5 Å². The maximum atomic E-state index is 14.0. The summed E-state index contributed by atoms with van der Waals surface area (Å²) in [5.74, 6) is 1.18. The van der Waals surface area contributed by atoms with Gasteiger partial charge in [0.15, 0.2) is 0 Å². The number of carbonyl (C=O) groups excluding carboxylic acids is 1. The summed E-state index contributed by atoms with van der Waals surface area (Å²) in [7, 11) is 0. The smallest absolute Gasteiger partial charge is 0.235 e. The first-order valence-electron chi connectivity index (χ1n) is 9.97. The maximum absolute atomic E-state index is 14.0. The molecule has 1 aliphatic rings. The number of hydrogen-bond acceptors (Lipinski definition) is 4. The van der Waals surface area contributed by atoms with E-state index in [0.717, 1.165) is 34.6 Å². The first kappa shape index (κ1) is 18.7. The van der Waals surface area contributed by atoms with E-state index in [2.05, 4.69) is 11.4 Å². The lowest BCUT2D eigenvalue weighted by molar-refractivity contribution is -0.132. The van der Waals surface area contributed by atoms with Crippen LogP contribution in [0, 0.1) is 0 Å². The van der Waals surface area contributed by atoms with E-state index in [9.17, 15) is 4.79 Å². The number of rotatable bonds is 6. The number of fused-ring (bicyclic) bond motifs is 2. The molecule has 3 heterocycles. The normalized spacial score (nSPS) is 12.7. The van der Waals surface area contributed by atoms with Gasteiger partial charge in [-0.25, -0.2) is 0 Å². The lowest BCUT2D eigenvalue weighted by Crippen LogP contribution is -2.37. The van der Waals surface area contributed by atoms with Gasteiger partial charge >= 0.3 is 0 Å². The highest BCUT2D eigenvalue weighted by Gasteiger charge is 2.35. The first-order chi connectivity index (χ1) is 14.8. The number of benzene rings is 2. The van der Waals surface area contributed by atoms with E-state index >= 15 is 0 Å². The van der Waals surface area contributed by atoms with Crippen molar-refractivity contribution in [3.05, 3.63) is 106 Å². The molecule has 2 aromatic carbocycles. The predicted octanol–water partition coefficient (Wildman–Crippen LogP) is 5.85. The Bertz CT molecular complexity index is 1090. The molecule has 0 N–H and O–H groups in total. The molecule has 4 nitrogen and oxygen atoms in total. The first-order valence-corrected chi connectivity index (χ1v) is 10.9. The fourth-order valence-corrected chi connectivity index (χ4v) is 4.63. The van der Waals surface area contributed by atoms with Crippen LogP contribution in [0.5, 0.6) is 11.5 Å². The van der Waals surface area contributed by atoms with Crippen LogP contribution in [0.3, 0.4) is 0 Å². The van der Waals surface area contributed by atoms with Crippen molar-refractivity contribution in [2.75, 3.05) is 6.54 Å². The molecule has 0 aliphatic carbocycles. The molecule has 5 rings (SSSR count). The highest BCUT2D eigenvalue weighted by Crippen LogP contribution is 2.44. The van der Waals surface area contributed by atoms with E-state index in [4.69, 9.17) is 9.15 Å². The number of hydrogen-bond donors (Lipinski definition) is 0. The van der Waals surface area contributed by atoms with Crippen LogP contribution < -0.4 is 4.74 Å². The summed E-state index contributed by atoms with van der Waals surface area (Å²) in [4.78, 5) is 17.2. The Kier molecular flexibility index (Phi) is 5.11. The van der Waals surface area contributed by atoms with Gasteiger partial charge in [0.25, 0.3) is 0 Å². The van der Waals surface area contributed by atoms with Crippen LogP contribution in [0.25, 0.3) is 0 Å². The van der Waals surface area contributed by atoms with Gasteiger partial charge in [0, 0.05) is 34.7 Å². The van der Waals surface area contributed by atoms with Crippen LogP contribution in [0.4, 0.5) is 0 Å². The zero-order valence-electron chi connectivity index (χ0n) is 16.4. The van der Waals surface area contributed by atoms with Crippen molar-refractivity contribution in [3.63, 3.8) is 0 Å². The van der Waals surface area contributed by atoms with Crippen molar-refractivity contribution in [1.82, 2.24) is 4.90 Å². The highest BCUT2D eigenvalue weighted by molar-refractivity contribution is 7.09. The second-order valence-corrected chi connectivity index (χ2v) is 8.36. The second-order valence-electron chi connectivity index (χ2n) is 7.33. The van der Waals surface area contributed by atoms with E-state index < -0.39 is 0 Å². The molecule has 2 aromatic heterocycles. The van der Waals surface area contributed by atoms with E-state index in [1.54, 1.807) is 23.9 Å². The Morgan fingerprint density at radius 3 is 2.30 bits per heavy atom. The summed E-state index contributed by atoms with van der Waals surface area (Å²) in [6.07, 6.45) is 4.18. The summed E-state index contributed by atoms with van der Waals surface area (Å²) in [5.41, 5.74) is 2.81. The topological polar surface area (TPSA) is 42.7 Å². The molecule has 5 heteroatoms. The Morgan fingerprint density at radius 1 is 0.933 bits per heavy atom. The number of carbonyl (C=O) groups is 1. The van der Waals surface area contributed by atoms with Crippen molar-refractivity contribution < 1.29 is 13.9 Å². The molecule has 150 valence electrons. The largest absolute Gasteiger partial charge is 0.472 e. The van der Waals surface area contributed by atoms with Crippen LogP contribution in [0.2, 0.25) is 0 Å². The molecule has 1 amide bonds. The van der Waals surface area contributed by atoms with E-state index in [1.807, 2.05) is 65.6 Å². The van der Waals surface area contributed by atoms with Gasteiger partial charge in [0.2, 0.25) is 5.91 Å². The SMILES string of the molecule is O=C(C1c2ccccc2Oc2ccccc21)N(CCc1cccs1)Cc1ccoc1. The minimum absolute atomic E-state index is 0.0796. The number of thiophene rings is 1. The van der Waals surface area contributed by atoms with Crippen LogP contribution in [0.1, 0.15) is 27.5 Å². The monoisotopic (exact) mass is 415 g/mol. The molecule has 1 aliphatic heterocycles. The average Bonchev–Trinajstić information content (AvgIpc) is 3.48. The molecule has 4 aromatic rings. The Balaban J connectivity index is 1.50. The van der Waals surface area contributed by atoms with Gasteiger partial charge in [-0.05, 0) is 36.1 Å². The predicted molar refractivity (Wildman–Crippen MR) is 117 cm³/mol. The molecule has 30 heavy (non-hydrogen) atoms. The Morgan fingerprint density at radius 2 is 1.67 bits per heavy atom. The molecular formula is C25H21NO3S. The standard InChI is InChI=1S/C25H21NO3S/c27-25(26(16-18-12-14-28-17-18)13-11-19-6-5-15-30-19)24-20-7-1-3-9-22(20)29-23-10-4-2-8-21(23)24/h1-10,12,14-15,17,24H,11,13,16H2. The van der Waals surface area contributed by atoms with Crippen LogP contribution in [-0.4, -0.2) is 17.4 Å². The third-order valence-electron chi connectivity index (χ3n) is 5.40. The van der Waals surface area contributed by atoms with Crippen LogP contribution in [0.15, 0.2) is 89.1 Å². The zero-order chi connectivity index (χ0) is 20.3. The quantitative estimate of drug-likeness (QED) is 0.397. The minimum atomic E-state index is -0.388. The van der Waals surface area contributed by atoms with Crippen molar-refractivity contribution >= 4 is 17.2 Å². The summed E-state index contributed by atoms with van der Waals surface area (Å²) >= 11 is 1.72. The summed E-state index contributed by atoms with van der Waals surface area (Å²) in [6.45, 7) is 1.16. The molecule has 0 saturated heterocycles. The summed E-state index contributed by atoms with van der Waals surface area (Å²) < 4.78 is 11.3. The second kappa shape index (κ2) is 8.20. The van der Waals surface area contributed by atoms with Gasteiger partial charge in [-0.15, -0.1) is 11.3 Å². The summed E-state index contributed by atoms with van der Waals surface area (Å²) in [6, 6.07) is 21.7. The Hall–Kier alpha value is -3.31. The maximum Gasteiger partial charge on any atom is 0.235 e. The number of amides is 1. The molecule has 0 atom stereocenters. The highest BCUT2D eigenvalue weighted by atomic mass is 32.1.